The summed E-state index contributed by atoms with van der Waals surface area (Å²) in [6, 6.07) is 8.51. The van der Waals surface area contributed by atoms with E-state index in [0.717, 1.165) is 18.5 Å². The molecule has 2 unspecified atom stereocenters. The number of benzene rings is 1. The molecule has 2 heterocycles. The van der Waals surface area contributed by atoms with E-state index in [1.165, 1.54) is 16.8 Å². The molecule has 0 spiro atoms. The largest absolute Gasteiger partial charge is 0.332 e. The number of nitrogens with zero attached hydrogens (tertiary/aromatic N) is 1. The number of hydrogen-bond acceptors (Lipinski definition) is 3. The number of nitrogens with one attached hydrogen (secondary N) is 2. The highest BCUT2D eigenvalue weighted by Crippen LogP contribution is 2.28. The van der Waals surface area contributed by atoms with Crippen molar-refractivity contribution in [3.05, 3.63) is 62.9 Å². The number of aromatic amines is 1. The first kappa shape index (κ1) is 13.8. The maximum Gasteiger partial charge on any atom is 0.332 e. The standard InChI is InChI=1S/C15H16FN3O2/c16-13-9-17-7-5-12(13)10-1-3-11(4-2-10)19-8-6-14(20)18-15(19)21/h1-4,6,8,12-13,17H,5,7,9H2,(H,18,20,21). The summed E-state index contributed by atoms with van der Waals surface area (Å²) in [7, 11) is 0. The van der Waals surface area contributed by atoms with Crippen LogP contribution in [0.15, 0.2) is 46.1 Å². The van der Waals surface area contributed by atoms with Crippen molar-refractivity contribution in [1.29, 1.82) is 0 Å². The molecular weight excluding hydrogens is 273 g/mol. The summed E-state index contributed by atoms with van der Waals surface area (Å²) < 4.78 is 15.3. The molecule has 1 fully saturated rings. The van der Waals surface area contributed by atoms with Gasteiger partial charge < -0.3 is 5.32 Å². The van der Waals surface area contributed by atoms with Crippen LogP contribution in [0.5, 0.6) is 0 Å². The lowest BCUT2D eigenvalue weighted by atomic mass is 9.89. The van der Waals surface area contributed by atoms with Gasteiger partial charge in [-0.15, -0.1) is 0 Å². The number of H-pyrrole nitrogens is 1. The molecule has 0 bridgehead atoms. The third kappa shape index (κ3) is 2.80. The topological polar surface area (TPSA) is 66.9 Å². The molecule has 2 atom stereocenters. The second kappa shape index (κ2) is 5.65. The molecule has 0 radical (unpaired) electrons. The lowest BCUT2D eigenvalue weighted by Gasteiger charge is -2.27. The van der Waals surface area contributed by atoms with Crippen molar-refractivity contribution in [3.63, 3.8) is 0 Å². The van der Waals surface area contributed by atoms with Gasteiger partial charge in [0.25, 0.3) is 5.56 Å². The minimum Gasteiger partial charge on any atom is -0.314 e. The highest BCUT2D eigenvalue weighted by Gasteiger charge is 2.25. The fraction of sp³-hybridized carbons (Fsp3) is 0.333. The SMILES string of the molecule is O=c1ccn(-c2ccc(C3CCNCC3F)cc2)c(=O)[nH]1. The van der Waals surface area contributed by atoms with Crippen molar-refractivity contribution >= 4 is 0 Å². The molecule has 1 aromatic heterocycles. The first-order valence-electron chi connectivity index (χ1n) is 6.92. The van der Waals surface area contributed by atoms with Gasteiger partial charge in [-0.2, -0.15) is 0 Å². The minimum atomic E-state index is -0.889. The van der Waals surface area contributed by atoms with Gasteiger partial charge in [0.1, 0.15) is 6.17 Å². The Morgan fingerprint density at radius 3 is 2.57 bits per heavy atom. The quantitative estimate of drug-likeness (QED) is 0.864. The molecule has 1 aromatic carbocycles. The van der Waals surface area contributed by atoms with Crippen molar-refractivity contribution in [2.24, 2.45) is 0 Å². The molecule has 0 amide bonds. The van der Waals surface area contributed by atoms with Crippen LogP contribution in [-0.2, 0) is 0 Å². The van der Waals surface area contributed by atoms with Gasteiger partial charge in [0.2, 0.25) is 0 Å². The van der Waals surface area contributed by atoms with Gasteiger partial charge in [-0.1, -0.05) is 12.1 Å². The highest BCUT2D eigenvalue weighted by atomic mass is 19.1. The maximum absolute atomic E-state index is 13.9. The Morgan fingerprint density at radius 1 is 1.14 bits per heavy atom. The van der Waals surface area contributed by atoms with Gasteiger partial charge >= 0.3 is 5.69 Å². The monoisotopic (exact) mass is 289 g/mol. The zero-order chi connectivity index (χ0) is 14.8. The summed E-state index contributed by atoms with van der Waals surface area (Å²) in [6.45, 7) is 1.19. The number of hydrogen-bond donors (Lipinski definition) is 2. The summed E-state index contributed by atoms with van der Waals surface area (Å²) in [5, 5.41) is 3.03. The Morgan fingerprint density at radius 2 is 1.90 bits per heavy atom. The molecule has 1 saturated heterocycles. The molecule has 1 aliphatic rings. The molecule has 2 N–H and O–H groups in total. The third-order valence-electron chi connectivity index (χ3n) is 3.83. The molecule has 0 aliphatic carbocycles. The minimum absolute atomic E-state index is 0.104. The first-order valence-corrected chi connectivity index (χ1v) is 6.92. The first-order chi connectivity index (χ1) is 10.1. The molecule has 3 rings (SSSR count). The summed E-state index contributed by atoms with van der Waals surface area (Å²) in [4.78, 5) is 25.0. The van der Waals surface area contributed by atoms with Crippen LogP contribution in [-0.4, -0.2) is 28.8 Å². The average molecular weight is 289 g/mol. The van der Waals surface area contributed by atoms with Crippen LogP contribution in [0.2, 0.25) is 0 Å². The van der Waals surface area contributed by atoms with Gasteiger partial charge in [-0.25, -0.2) is 9.18 Å². The summed E-state index contributed by atoms with van der Waals surface area (Å²) >= 11 is 0. The molecule has 1 aliphatic heterocycles. The lowest BCUT2D eigenvalue weighted by molar-refractivity contribution is 0.231. The van der Waals surface area contributed by atoms with Crippen LogP contribution in [0.4, 0.5) is 4.39 Å². The average Bonchev–Trinajstić information content (AvgIpc) is 2.48. The maximum atomic E-state index is 13.9. The molecular formula is C15H16FN3O2. The number of alkyl halides is 1. The van der Waals surface area contributed by atoms with E-state index in [1.54, 1.807) is 12.1 Å². The summed E-state index contributed by atoms with van der Waals surface area (Å²) in [6.07, 6.45) is 1.30. The van der Waals surface area contributed by atoms with Crippen molar-refractivity contribution in [2.75, 3.05) is 13.1 Å². The number of rotatable bonds is 2. The molecule has 5 nitrogen and oxygen atoms in total. The van der Waals surface area contributed by atoms with E-state index >= 15 is 0 Å². The molecule has 6 heteroatoms. The molecule has 21 heavy (non-hydrogen) atoms. The predicted octanol–water partition coefficient (Wildman–Crippen LogP) is 0.941. The summed E-state index contributed by atoms with van der Waals surface area (Å²) in [5.74, 6) is -0.104. The van der Waals surface area contributed by atoms with E-state index in [2.05, 4.69) is 10.3 Å². The number of piperidine rings is 1. The number of halogens is 1. The second-order valence-corrected chi connectivity index (χ2v) is 5.19. The Balaban J connectivity index is 1.90. The van der Waals surface area contributed by atoms with Crippen molar-refractivity contribution in [3.8, 4) is 5.69 Å². The van der Waals surface area contributed by atoms with E-state index in [4.69, 9.17) is 0 Å². The van der Waals surface area contributed by atoms with Gasteiger partial charge in [-0.3, -0.25) is 14.3 Å². The fourth-order valence-corrected chi connectivity index (χ4v) is 2.70. The van der Waals surface area contributed by atoms with Crippen LogP contribution in [0.3, 0.4) is 0 Å². The Labute approximate surface area is 120 Å². The van der Waals surface area contributed by atoms with Crippen LogP contribution < -0.4 is 16.6 Å². The van der Waals surface area contributed by atoms with Crippen LogP contribution in [0, 0.1) is 0 Å². The van der Waals surface area contributed by atoms with Crippen LogP contribution >= 0.6 is 0 Å². The van der Waals surface area contributed by atoms with Gasteiger partial charge in [-0.05, 0) is 30.7 Å². The normalized spacial score (nSPS) is 22.1. The van der Waals surface area contributed by atoms with Crippen LogP contribution in [0.25, 0.3) is 5.69 Å². The fourth-order valence-electron chi connectivity index (χ4n) is 2.70. The smallest absolute Gasteiger partial charge is 0.314 e. The second-order valence-electron chi connectivity index (χ2n) is 5.19. The zero-order valence-corrected chi connectivity index (χ0v) is 11.4. The van der Waals surface area contributed by atoms with E-state index in [1.807, 2.05) is 12.1 Å². The van der Waals surface area contributed by atoms with E-state index in [-0.39, 0.29) is 5.92 Å². The van der Waals surface area contributed by atoms with Gasteiger partial charge in [0.05, 0.1) is 5.69 Å². The number of aromatic nitrogens is 2. The van der Waals surface area contributed by atoms with E-state index in [0.29, 0.717) is 12.2 Å². The molecule has 0 saturated carbocycles. The zero-order valence-electron chi connectivity index (χ0n) is 11.4. The van der Waals surface area contributed by atoms with Crippen LogP contribution in [0.1, 0.15) is 17.9 Å². The van der Waals surface area contributed by atoms with Crippen molar-refractivity contribution < 1.29 is 4.39 Å². The van der Waals surface area contributed by atoms with E-state index in [9.17, 15) is 14.0 Å². The van der Waals surface area contributed by atoms with Gasteiger partial charge in [0.15, 0.2) is 0 Å². The summed E-state index contributed by atoms with van der Waals surface area (Å²) in [5.41, 5.74) is 0.665. The Kier molecular flexibility index (Phi) is 3.70. The van der Waals surface area contributed by atoms with E-state index < -0.39 is 17.4 Å². The third-order valence-corrected chi connectivity index (χ3v) is 3.83. The molecule has 110 valence electrons. The van der Waals surface area contributed by atoms with Crippen molar-refractivity contribution in [2.45, 2.75) is 18.5 Å². The van der Waals surface area contributed by atoms with Gasteiger partial charge in [0, 0.05) is 24.7 Å². The molecule has 2 aromatic rings. The van der Waals surface area contributed by atoms with Crippen molar-refractivity contribution in [1.82, 2.24) is 14.9 Å². The lowest BCUT2D eigenvalue weighted by Crippen LogP contribution is -2.36. The Hall–Kier alpha value is -2.21. The predicted molar refractivity (Wildman–Crippen MR) is 77.8 cm³/mol. The Bertz CT molecular complexity index is 736. The highest BCUT2D eigenvalue weighted by molar-refractivity contribution is 5.36.